The first-order valence-electron chi connectivity index (χ1n) is 12.4. The van der Waals surface area contributed by atoms with Gasteiger partial charge in [0, 0.05) is 16.4 Å². The molecule has 0 spiro atoms. The van der Waals surface area contributed by atoms with Crippen LogP contribution in [0, 0.1) is 13.8 Å². The van der Waals surface area contributed by atoms with Gasteiger partial charge in [0.2, 0.25) is 0 Å². The van der Waals surface area contributed by atoms with Gasteiger partial charge in [-0.1, -0.05) is 91.9 Å². The van der Waals surface area contributed by atoms with E-state index in [0.717, 1.165) is 32.7 Å². The minimum atomic E-state index is -1.46. The summed E-state index contributed by atoms with van der Waals surface area (Å²) in [6.45, 7) is 5.75. The Morgan fingerprint density at radius 1 is 0.649 bits per heavy atom. The van der Waals surface area contributed by atoms with Gasteiger partial charge >= 0.3 is 0 Å². The highest BCUT2D eigenvalue weighted by Crippen LogP contribution is 2.40. The largest absolute Gasteiger partial charge is 0.293 e. The van der Waals surface area contributed by atoms with Crippen LogP contribution >= 0.6 is 8.46 Å². The number of hydrogen-bond acceptors (Lipinski definition) is 3. The molecule has 0 fully saturated rings. The molecule has 0 saturated carbocycles. The van der Waals surface area contributed by atoms with Crippen molar-refractivity contribution in [1.29, 1.82) is 0 Å². The van der Waals surface area contributed by atoms with Gasteiger partial charge < -0.3 is 0 Å². The minimum absolute atomic E-state index is 0.105. The molecule has 0 radical (unpaired) electrons. The quantitative estimate of drug-likeness (QED) is 0.129. The monoisotopic (exact) mass is 502 g/mol. The maximum absolute atomic E-state index is 14.9. The summed E-state index contributed by atoms with van der Waals surface area (Å²) in [7, 11) is -0.105. The third-order valence-electron chi connectivity index (χ3n) is 7.50. The number of carbonyl (C=O) groups excluding carboxylic acids is 2. The number of ketones is 2. The summed E-state index contributed by atoms with van der Waals surface area (Å²) in [6.07, 6.45) is 0.282. The Hall–Kier alpha value is -3.94. The molecule has 0 N–H and O–H groups in total. The van der Waals surface area contributed by atoms with E-state index in [0.29, 0.717) is 22.0 Å². The Kier molecular flexibility index (Phi) is 6.58. The lowest BCUT2D eigenvalue weighted by Crippen LogP contribution is -2.44. The Morgan fingerprint density at radius 2 is 1.11 bits per heavy atom. The molecule has 3 nitrogen and oxygen atoms in total. The van der Waals surface area contributed by atoms with Crippen molar-refractivity contribution in [2.24, 2.45) is 0 Å². The van der Waals surface area contributed by atoms with Crippen LogP contribution in [0.25, 0.3) is 21.5 Å². The average Bonchev–Trinajstić information content (AvgIpc) is 2.93. The Labute approximate surface area is 218 Å². The summed E-state index contributed by atoms with van der Waals surface area (Å²) >= 11 is 0. The molecule has 37 heavy (non-hydrogen) atoms. The van der Waals surface area contributed by atoms with Crippen LogP contribution in [-0.2, 0) is 9.98 Å². The molecule has 4 heteroatoms. The number of aryl methyl sites for hydroxylation is 2. The Balaban J connectivity index is 1.85. The first kappa shape index (κ1) is 24.7. The van der Waals surface area contributed by atoms with E-state index in [9.17, 15) is 14.2 Å². The van der Waals surface area contributed by atoms with E-state index in [4.69, 9.17) is 0 Å². The lowest BCUT2D eigenvalue weighted by atomic mass is 9.66. The van der Waals surface area contributed by atoms with Crippen LogP contribution in [-0.4, -0.2) is 11.6 Å². The first-order valence-corrected chi connectivity index (χ1v) is 13.2. The van der Waals surface area contributed by atoms with Gasteiger partial charge in [-0.15, -0.1) is 0 Å². The Morgan fingerprint density at radius 3 is 1.54 bits per heavy atom. The molecule has 5 aromatic rings. The molecule has 0 saturated heterocycles. The van der Waals surface area contributed by atoms with E-state index in [2.05, 4.69) is 0 Å². The second-order valence-corrected chi connectivity index (χ2v) is 10.2. The van der Waals surface area contributed by atoms with Crippen molar-refractivity contribution in [3.8, 4) is 0 Å². The number of rotatable bonds is 7. The van der Waals surface area contributed by atoms with E-state index in [-0.39, 0.29) is 26.4 Å². The third kappa shape index (κ3) is 4.00. The molecule has 5 aromatic carbocycles. The van der Waals surface area contributed by atoms with Gasteiger partial charge in [0.25, 0.3) is 0 Å². The van der Waals surface area contributed by atoms with Gasteiger partial charge in [0.05, 0.1) is 0 Å². The van der Waals surface area contributed by atoms with Crippen LogP contribution in [0.3, 0.4) is 0 Å². The van der Waals surface area contributed by atoms with Gasteiger partial charge in [0.1, 0.15) is 5.41 Å². The van der Waals surface area contributed by atoms with Gasteiger partial charge in [-0.25, -0.2) is 0 Å². The maximum atomic E-state index is 14.9. The zero-order valence-electron chi connectivity index (χ0n) is 21.1. The van der Waals surface area contributed by atoms with Crippen molar-refractivity contribution in [2.75, 3.05) is 0 Å². The molecule has 0 bridgehead atoms. The third-order valence-corrected chi connectivity index (χ3v) is 8.01. The molecule has 0 unspecified atom stereocenters. The van der Waals surface area contributed by atoms with Gasteiger partial charge in [0.15, 0.2) is 20.0 Å². The van der Waals surface area contributed by atoms with Crippen molar-refractivity contribution in [3.05, 3.63) is 125 Å². The second kappa shape index (κ2) is 9.84. The van der Waals surface area contributed by atoms with E-state index in [1.54, 1.807) is 24.3 Å². The average molecular weight is 503 g/mol. The normalized spacial score (nSPS) is 11.8. The van der Waals surface area contributed by atoms with Crippen LogP contribution in [0.4, 0.5) is 0 Å². The van der Waals surface area contributed by atoms with Crippen LogP contribution in [0.15, 0.2) is 97.1 Å². The van der Waals surface area contributed by atoms with E-state index in [1.807, 2.05) is 93.6 Å². The van der Waals surface area contributed by atoms with E-state index >= 15 is 0 Å². The van der Waals surface area contributed by atoms with Crippen LogP contribution in [0.1, 0.15) is 50.8 Å². The van der Waals surface area contributed by atoms with Gasteiger partial charge in [-0.2, -0.15) is 0 Å². The summed E-state index contributed by atoms with van der Waals surface area (Å²) < 4.78 is 11.5. The summed E-state index contributed by atoms with van der Waals surface area (Å²) in [5.74, 6) is -0.428. The molecular weight excluding hydrogens is 475 g/mol. The highest BCUT2D eigenvalue weighted by atomic mass is 31.1. The molecule has 0 amide bonds. The summed E-state index contributed by atoms with van der Waals surface area (Å²) in [5.41, 5.74) is 1.95. The molecule has 0 aliphatic heterocycles. The summed E-state index contributed by atoms with van der Waals surface area (Å²) in [5, 5.41) is 4.17. The Bertz CT molecular complexity index is 1580. The predicted molar refractivity (Wildman–Crippen MR) is 152 cm³/mol. The number of hydrogen-bond donors (Lipinski definition) is 0. The number of fused-ring (bicyclic) bond motifs is 2. The van der Waals surface area contributed by atoms with E-state index < -0.39 is 5.41 Å². The van der Waals surface area contributed by atoms with Crippen molar-refractivity contribution in [3.63, 3.8) is 0 Å². The topological polar surface area (TPSA) is 51.2 Å². The molecular formula is C33H27O3P. The van der Waals surface area contributed by atoms with Gasteiger partial charge in [-0.05, 0) is 70.6 Å². The molecule has 0 aliphatic carbocycles. The number of benzene rings is 5. The predicted octanol–water partition coefficient (Wildman–Crippen LogP) is 7.94. The minimum Gasteiger partial charge on any atom is -0.293 e. The van der Waals surface area contributed by atoms with E-state index in [1.165, 1.54) is 0 Å². The lowest BCUT2D eigenvalue weighted by Gasteiger charge is -2.32. The fourth-order valence-electron chi connectivity index (χ4n) is 5.49. The van der Waals surface area contributed by atoms with Crippen molar-refractivity contribution < 1.29 is 14.2 Å². The molecule has 0 heterocycles. The summed E-state index contributed by atoms with van der Waals surface area (Å²) in [4.78, 5) is 29.7. The fourth-order valence-corrected chi connectivity index (χ4v) is 5.76. The van der Waals surface area contributed by atoms with Crippen molar-refractivity contribution in [2.45, 2.75) is 32.6 Å². The molecule has 5 rings (SSSR count). The van der Waals surface area contributed by atoms with Crippen LogP contribution in [0.5, 0.6) is 0 Å². The molecule has 0 aliphatic rings. The van der Waals surface area contributed by atoms with Crippen molar-refractivity contribution in [1.82, 2.24) is 0 Å². The van der Waals surface area contributed by atoms with Gasteiger partial charge in [-0.3, -0.25) is 14.2 Å². The highest BCUT2D eigenvalue weighted by Gasteiger charge is 2.48. The van der Waals surface area contributed by atoms with Crippen LogP contribution in [0.2, 0.25) is 0 Å². The van der Waals surface area contributed by atoms with Crippen molar-refractivity contribution >= 4 is 46.9 Å². The summed E-state index contributed by atoms with van der Waals surface area (Å²) in [6, 6.07) is 30.5. The zero-order valence-corrected chi connectivity index (χ0v) is 22.0. The standard InChI is InChI=1S/C33H27O3P/c1-4-33(25-17-19-26(37-36)20-18-25,31(34)29-21(2)13-15-23-9-5-7-11-27(23)29)32(35)30-22(3)14-16-24-10-6-8-12-28(24)30/h5-20H,4H2,1-3H3. The zero-order chi connectivity index (χ0) is 26.2. The lowest BCUT2D eigenvalue weighted by molar-refractivity contribution is 0.0757. The van der Waals surface area contributed by atoms with Crippen LogP contribution < -0.4 is 5.30 Å². The highest BCUT2D eigenvalue weighted by molar-refractivity contribution is 7.34. The SMILES string of the molecule is CCC(C(=O)c1c(C)ccc2ccccc12)(C(=O)c1c(C)ccc2ccccc12)c1ccc(P=O)cc1. The molecule has 182 valence electrons. The number of Topliss-reactive ketones (excluding diaryl/α,β-unsaturated/α-hetero) is 2. The number of carbonyl (C=O) groups is 2. The first-order chi connectivity index (χ1) is 17.9. The molecule has 0 atom stereocenters. The fraction of sp³-hybridized carbons (Fsp3) is 0.152. The maximum Gasteiger partial charge on any atom is 0.192 e. The smallest absolute Gasteiger partial charge is 0.192 e. The molecule has 0 aromatic heterocycles. The second-order valence-electron chi connectivity index (χ2n) is 9.51.